The van der Waals surface area contributed by atoms with Gasteiger partial charge in [0.15, 0.2) is 0 Å². The Labute approximate surface area is 124 Å². The number of rotatable bonds is 8. The second-order valence-corrected chi connectivity index (χ2v) is 5.20. The number of fused-ring (bicyclic) bond motifs is 1. The van der Waals surface area contributed by atoms with Crippen LogP contribution in [0.4, 0.5) is 5.69 Å². The van der Waals surface area contributed by atoms with E-state index in [4.69, 9.17) is 5.11 Å². The summed E-state index contributed by atoms with van der Waals surface area (Å²) < 4.78 is 0. The average molecular weight is 287 g/mol. The van der Waals surface area contributed by atoms with Crippen LogP contribution >= 0.6 is 0 Å². The molecule has 5 heteroatoms. The molecular weight excluding hydrogens is 266 g/mol. The van der Waals surface area contributed by atoms with E-state index in [1.165, 1.54) is 0 Å². The van der Waals surface area contributed by atoms with Gasteiger partial charge in [-0.05, 0) is 24.8 Å². The van der Waals surface area contributed by atoms with Crippen molar-refractivity contribution in [2.45, 2.75) is 32.6 Å². The van der Waals surface area contributed by atoms with Gasteiger partial charge in [0.1, 0.15) is 0 Å². The molecule has 0 aliphatic heterocycles. The van der Waals surface area contributed by atoms with Crippen molar-refractivity contribution < 1.29 is 9.90 Å². The third-order valence-electron chi connectivity index (χ3n) is 3.76. The normalized spacial score (nSPS) is 12.2. The maximum absolute atomic E-state index is 10.6. The number of carbonyl (C=O) groups is 1. The molecule has 112 valence electrons. The van der Waals surface area contributed by atoms with Crippen molar-refractivity contribution in [3.05, 3.63) is 30.5 Å². The van der Waals surface area contributed by atoms with Gasteiger partial charge < -0.3 is 10.4 Å². The summed E-state index contributed by atoms with van der Waals surface area (Å²) >= 11 is 0. The van der Waals surface area contributed by atoms with Crippen LogP contribution in [0.15, 0.2) is 30.5 Å². The zero-order valence-corrected chi connectivity index (χ0v) is 12.2. The molecule has 1 aromatic heterocycles. The first-order chi connectivity index (χ1) is 10.2. The lowest BCUT2D eigenvalue weighted by atomic mass is 9.96. The zero-order valence-electron chi connectivity index (χ0n) is 12.2. The van der Waals surface area contributed by atoms with Crippen LogP contribution in [0.3, 0.4) is 0 Å². The lowest BCUT2D eigenvalue weighted by molar-refractivity contribution is -0.137. The Hall–Kier alpha value is -2.17. The van der Waals surface area contributed by atoms with Crippen molar-refractivity contribution >= 4 is 22.6 Å². The number of aromatic nitrogens is 2. The van der Waals surface area contributed by atoms with E-state index >= 15 is 0 Å². The van der Waals surface area contributed by atoms with Crippen molar-refractivity contribution in [2.75, 3.05) is 11.9 Å². The lowest BCUT2D eigenvalue weighted by Crippen LogP contribution is -2.11. The van der Waals surface area contributed by atoms with E-state index in [0.29, 0.717) is 5.92 Å². The maximum Gasteiger partial charge on any atom is 0.303 e. The summed E-state index contributed by atoms with van der Waals surface area (Å²) in [5.41, 5.74) is 1.86. The standard InChI is InChI=1S/C16H21N3O2/c1-2-12(7-8-16(20)21)9-10-17-15-11-18-19-14-6-4-3-5-13(14)15/h3-6,11-12H,2,7-10H2,1H3,(H,17,19)(H,20,21). The molecule has 0 aliphatic rings. The Morgan fingerprint density at radius 3 is 2.90 bits per heavy atom. The molecule has 2 aromatic rings. The SMILES string of the molecule is CCC(CCNc1cnnc2ccccc12)CCC(=O)O. The highest BCUT2D eigenvalue weighted by molar-refractivity contribution is 5.90. The van der Waals surface area contributed by atoms with Gasteiger partial charge in [-0.2, -0.15) is 10.2 Å². The predicted octanol–water partition coefficient (Wildman–Crippen LogP) is 3.32. The number of nitrogens with one attached hydrogen (secondary N) is 1. The number of anilines is 1. The monoisotopic (exact) mass is 287 g/mol. The van der Waals surface area contributed by atoms with E-state index in [2.05, 4.69) is 22.4 Å². The molecule has 1 aromatic carbocycles. The first-order valence-corrected chi connectivity index (χ1v) is 7.36. The lowest BCUT2D eigenvalue weighted by Gasteiger charge is -2.15. The van der Waals surface area contributed by atoms with Gasteiger partial charge in [-0.25, -0.2) is 0 Å². The molecule has 0 aliphatic carbocycles. The fourth-order valence-corrected chi connectivity index (χ4v) is 2.44. The number of carboxylic acids is 1. The molecular formula is C16H21N3O2. The fraction of sp³-hybridized carbons (Fsp3) is 0.438. The topological polar surface area (TPSA) is 75.1 Å². The van der Waals surface area contributed by atoms with Crippen molar-refractivity contribution in [3.63, 3.8) is 0 Å². The van der Waals surface area contributed by atoms with Crippen LogP contribution in [0.1, 0.15) is 32.6 Å². The average Bonchev–Trinajstić information content (AvgIpc) is 2.50. The molecule has 0 spiro atoms. The summed E-state index contributed by atoms with van der Waals surface area (Å²) in [6, 6.07) is 7.89. The van der Waals surface area contributed by atoms with Crippen molar-refractivity contribution in [1.29, 1.82) is 0 Å². The van der Waals surface area contributed by atoms with E-state index < -0.39 is 5.97 Å². The quantitative estimate of drug-likeness (QED) is 0.779. The van der Waals surface area contributed by atoms with Gasteiger partial charge in [0.25, 0.3) is 0 Å². The van der Waals surface area contributed by atoms with Crippen molar-refractivity contribution in [3.8, 4) is 0 Å². The van der Waals surface area contributed by atoms with Crippen LogP contribution in [0.2, 0.25) is 0 Å². The zero-order chi connectivity index (χ0) is 15.1. The second-order valence-electron chi connectivity index (χ2n) is 5.20. The molecule has 1 atom stereocenters. The highest BCUT2D eigenvalue weighted by Crippen LogP contribution is 2.21. The van der Waals surface area contributed by atoms with E-state index in [-0.39, 0.29) is 6.42 Å². The van der Waals surface area contributed by atoms with Crippen LogP contribution in [-0.4, -0.2) is 27.8 Å². The first kappa shape index (κ1) is 15.2. The molecule has 1 heterocycles. The summed E-state index contributed by atoms with van der Waals surface area (Å²) in [5, 5.41) is 21.3. The summed E-state index contributed by atoms with van der Waals surface area (Å²) in [7, 11) is 0. The van der Waals surface area contributed by atoms with E-state index in [1.54, 1.807) is 6.20 Å². The molecule has 0 saturated heterocycles. The van der Waals surface area contributed by atoms with Crippen LogP contribution in [-0.2, 0) is 4.79 Å². The Morgan fingerprint density at radius 2 is 2.14 bits per heavy atom. The molecule has 2 rings (SSSR count). The third kappa shape index (κ3) is 4.41. The second kappa shape index (κ2) is 7.57. The van der Waals surface area contributed by atoms with Gasteiger partial charge >= 0.3 is 5.97 Å². The highest BCUT2D eigenvalue weighted by Gasteiger charge is 2.09. The Morgan fingerprint density at radius 1 is 1.33 bits per heavy atom. The smallest absolute Gasteiger partial charge is 0.303 e. The summed E-state index contributed by atoms with van der Waals surface area (Å²) in [5.74, 6) is -0.277. The van der Waals surface area contributed by atoms with Gasteiger partial charge in [-0.3, -0.25) is 4.79 Å². The van der Waals surface area contributed by atoms with E-state index in [9.17, 15) is 4.79 Å². The van der Waals surface area contributed by atoms with Gasteiger partial charge in [0.2, 0.25) is 0 Å². The minimum Gasteiger partial charge on any atom is -0.481 e. The largest absolute Gasteiger partial charge is 0.481 e. The molecule has 21 heavy (non-hydrogen) atoms. The predicted molar refractivity (Wildman–Crippen MR) is 83.3 cm³/mol. The maximum atomic E-state index is 10.6. The Balaban J connectivity index is 1.91. The first-order valence-electron chi connectivity index (χ1n) is 7.36. The van der Waals surface area contributed by atoms with Gasteiger partial charge in [0, 0.05) is 18.4 Å². The van der Waals surface area contributed by atoms with E-state index in [1.807, 2.05) is 24.3 Å². The fourth-order valence-electron chi connectivity index (χ4n) is 2.44. The minimum atomic E-state index is -0.717. The molecule has 0 bridgehead atoms. The molecule has 1 unspecified atom stereocenters. The number of hydrogen-bond acceptors (Lipinski definition) is 4. The number of hydrogen-bond donors (Lipinski definition) is 2. The molecule has 0 radical (unpaired) electrons. The summed E-state index contributed by atoms with van der Waals surface area (Å²) in [4.78, 5) is 10.6. The number of benzene rings is 1. The molecule has 2 N–H and O–H groups in total. The van der Waals surface area contributed by atoms with Crippen LogP contribution in [0, 0.1) is 5.92 Å². The summed E-state index contributed by atoms with van der Waals surface area (Å²) in [6.07, 6.45) is 4.69. The Bertz CT molecular complexity index is 596. The van der Waals surface area contributed by atoms with Crippen LogP contribution in [0.25, 0.3) is 10.9 Å². The number of carboxylic acid groups (broad SMARTS) is 1. The third-order valence-corrected chi connectivity index (χ3v) is 3.76. The Kier molecular flexibility index (Phi) is 5.49. The van der Waals surface area contributed by atoms with Gasteiger partial charge in [-0.15, -0.1) is 0 Å². The number of nitrogens with zero attached hydrogens (tertiary/aromatic N) is 2. The minimum absolute atomic E-state index is 0.248. The van der Waals surface area contributed by atoms with Crippen LogP contribution in [0.5, 0.6) is 0 Å². The number of aliphatic carboxylic acids is 1. The van der Waals surface area contributed by atoms with Gasteiger partial charge in [0.05, 0.1) is 17.4 Å². The van der Waals surface area contributed by atoms with Crippen molar-refractivity contribution in [1.82, 2.24) is 10.2 Å². The van der Waals surface area contributed by atoms with Gasteiger partial charge in [-0.1, -0.05) is 31.5 Å². The molecule has 0 saturated carbocycles. The van der Waals surface area contributed by atoms with E-state index in [0.717, 1.165) is 42.4 Å². The molecule has 0 fully saturated rings. The van der Waals surface area contributed by atoms with Crippen molar-refractivity contribution in [2.24, 2.45) is 5.92 Å². The molecule has 5 nitrogen and oxygen atoms in total. The summed E-state index contributed by atoms with van der Waals surface area (Å²) in [6.45, 7) is 2.92. The highest BCUT2D eigenvalue weighted by atomic mass is 16.4. The molecule has 0 amide bonds. The van der Waals surface area contributed by atoms with Crippen LogP contribution < -0.4 is 5.32 Å².